The molecule has 7 heteroatoms. The molecular weight excluding hydrogens is 286 g/mol. The van der Waals surface area contributed by atoms with Gasteiger partial charge in [0.1, 0.15) is 4.90 Å². The lowest BCUT2D eigenvalue weighted by Gasteiger charge is -2.22. The SMILES string of the molecule is CC(CC#N)N(C)S(=O)(=O)c1cc(C#N)ccc1Cl. The summed E-state index contributed by atoms with van der Waals surface area (Å²) in [5.74, 6) is 0. The third-order valence-corrected chi connectivity index (χ3v) is 5.18. The van der Waals surface area contributed by atoms with Crippen LogP contribution in [0, 0.1) is 22.7 Å². The minimum atomic E-state index is -3.82. The fraction of sp³-hybridized carbons (Fsp3) is 0.333. The molecule has 19 heavy (non-hydrogen) atoms. The molecule has 0 N–H and O–H groups in total. The van der Waals surface area contributed by atoms with Gasteiger partial charge in [0.25, 0.3) is 0 Å². The Kier molecular flexibility index (Phi) is 4.90. The Labute approximate surface area is 117 Å². The molecule has 5 nitrogen and oxygen atoms in total. The molecule has 0 spiro atoms. The zero-order valence-corrected chi connectivity index (χ0v) is 12.0. The normalized spacial score (nSPS) is 12.7. The van der Waals surface area contributed by atoms with Gasteiger partial charge in [0.05, 0.1) is 29.1 Å². The minimum Gasteiger partial charge on any atom is -0.207 e. The fourth-order valence-corrected chi connectivity index (χ4v) is 3.28. The molecule has 0 fully saturated rings. The molecule has 100 valence electrons. The summed E-state index contributed by atoms with van der Waals surface area (Å²) in [4.78, 5) is -0.125. The summed E-state index contributed by atoms with van der Waals surface area (Å²) >= 11 is 5.88. The van der Waals surface area contributed by atoms with Gasteiger partial charge in [-0.2, -0.15) is 14.8 Å². The summed E-state index contributed by atoms with van der Waals surface area (Å²) in [6.07, 6.45) is 0.0747. The molecular formula is C12H12ClN3O2S. The largest absolute Gasteiger partial charge is 0.244 e. The lowest BCUT2D eigenvalue weighted by molar-refractivity contribution is 0.393. The first-order valence-corrected chi connectivity index (χ1v) is 7.21. The average Bonchev–Trinajstić information content (AvgIpc) is 2.38. The predicted octanol–water partition coefficient (Wildman–Crippen LogP) is 2.13. The van der Waals surface area contributed by atoms with Gasteiger partial charge in [-0.3, -0.25) is 0 Å². The van der Waals surface area contributed by atoms with E-state index < -0.39 is 16.1 Å². The molecule has 0 amide bonds. The van der Waals surface area contributed by atoms with E-state index in [0.717, 1.165) is 4.31 Å². The first kappa shape index (κ1) is 15.5. The van der Waals surface area contributed by atoms with E-state index in [9.17, 15) is 8.42 Å². The van der Waals surface area contributed by atoms with Crippen molar-refractivity contribution in [2.45, 2.75) is 24.3 Å². The Morgan fingerprint density at radius 1 is 1.42 bits per heavy atom. The summed E-state index contributed by atoms with van der Waals surface area (Å²) < 4.78 is 25.8. The number of hydrogen-bond donors (Lipinski definition) is 0. The van der Waals surface area contributed by atoms with E-state index in [1.165, 1.54) is 25.2 Å². The monoisotopic (exact) mass is 297 g/mol. The molecule has 0 aliphatic rings. The van der Waals surface area contributed by atoms with Crippen molar-refractivity contribution in [1.82, 2.24) is 4.31 Å². The van der Waals surface area contributed by atoms with Crippen molar-refractivity contribution in [3.63, 3.8) is 0 Å². The second-order valence-corrected chi connectivity index (χ2v) is 6.36. The lowest BCUT2D eigenvalue weighted by Crippen LogP contribution is -2.35. The van der Waals surface area contributed by atoms with Gasteiger partial charge in [0.2, 0.25) is 10.0 Å². The fourth-order valence-electron chi connectivity index (χ4n) is 1.42. The summed E-state index contributed by atoms with van der Waals surface area (Å²) in [5.41, 5.74) is 0.212. The van der Waals surface area contributed by atoms with Crippen molar-refractivity contribution in [3.05, 3.63) is 28.8 Å². The Morgan fingerprint density at radius 2 is 2.05 bits per heavy atom. The number of rotatable bonds is 4. The van der Waals surface area contributed by atoms with E-state index in [-0.39, 0.29) is 21.9 Å². The molecule has 0 aliphatic heterocycles. The highest BCUT2D eigenvalue weighted by Crippen LogP contribution is 2.26. The van der Waals surface area contributed by atoms with Gasteiger partial charge < -0.3 is 0 Å². The lowest BCUT2D eigenvalue weighted by atomic mass is 10.2. The van der Waals surface area contributed by atoms with Gasteiger partial charge in [-0.15, -0.1) is 0 Å². The van der Waals surface area contributed by atoms with Gasteiger partial charge in [-0.25, -0.2) is 8.42 Å². The minimum absolute atomic E-state index is 0.0509. The molecule has 0 saturated heterocycles. The first-order valence-electron chi connectivity index (χ1n) is 5.39. The van der Waals surface area contributed by atoms with Crippen molar-refractivity contribution >= 4 is 21.6 Å². The smallest absolute Gasteiger partial charge is 0.207 e. The third kappa shape index (κ3) is 3.24. The van der Waals surface area contributed by atoms with Crippen molar-refractivity contribution < 1.29 is 8.42 Å². The van der Waals surface area contributed by atoms with Crippen LogP contribution in [0.1, 0.15) is 18.9 Å². The van der Waals surface area contributed by atoms with Crippen molar-refractivity contribution in [2.75, 3.05) is 7.05 Å². The number of nitriles is 2. The summed E-state index contributed by atoms with van der Waals surface area (Å²) in [7, 11) is -2.44. The van der Waals surface area contributed by atoms with Gasteiger partial charge in [-0.1, -0.05) is 11.6 Å². The van der Waals surface area contributed by atoms with Crippen LogP contribution in [0.5, 0.6) is 0 Å². The van der Waals surface area contributed by atoms with Gasteiger partial charge in [-0.05, 0) is 25.1 Å². The van der Waals surface area contributed by atoms with Crippen molar-refractivity contribution in [3.8, 4) is 12.1 Å². The van der Waals surface area contributed by atoms with E-state index in [4.69, 9.17) is 22.1 Å². The zero-order chi connectivity index (χ0) is 14.6. The van der Waals surface area contributed by atoms with Crippen LogP contribution in [0.15, 0.2) is 23.1 Å². The molecule has 0 aliphatic carbocycles. The first-order chi connectivity index (χ1) is 8.84. The number of sulfonamides is 1. The number of hydrogen-bond acceptors (Lipinski definition) is 4. The maximum atomic E-state index is 12.4. The second-order valence-electron chi connectivity index (χ2n) is 3.99. The Bertz CT molecular complexity index is 659. The summed E-state index contributed by atoms with van der Waals surface area (Å²) in [6.45, 7) is 1.63. The van der Waals surface area contributed by atoms with E-state index in [2.05, 4.69) is 0 Å². The molecule has 0 saturated carbocycles. The Morgan fingerprint density at radius 3 is 2.58 bits per heavy atom. The van der Waals surface area contributed by atoms with Gasteiger partial charge in [0, 0.05) is 13.1 Å². The molecule has 0 aromatic heterocycles. The maximum Gasteiger partial charge on any atom is 0.244 e. The van der Waals surface area contributed by atoms with Gasteiger partial charge in [0.15, 0.2) is 0 Å². The molecule has 1 aromatic carbocycles. The van der Waals surface area contributed by atoms with Crippen LogP contribution in [-0.2, 0) is 10.0 Å². The van der Waals surface area contributed by atoms with Gasteiger partial charge >= 0.3 is 0 Å². The van der Waals surface area contributed by atoms with Crippen LogP contribution < -0.4 is 0 Å². The third-order valence-electron chi connectivity index (χ3n) is 2.72. The molecule has 1 unspecified atom stereocenters. The number of benzene rings is 1. The van der Waals surface area contributed by atoms with Crippen LogP contribution >= 0.6 is 11.6 Å². The molecule has 0 heterocycles. The van der Waals surface area contributed by atoms with E-state index in [1.807, 2.05) is 12.1 Å². The highest BCUT2D eigenvalue weighted by atomic mass is 35.5. The molecule has 0 radical (unpaired) electrons. The maximum absolute atomic E-state index is 12.4. The Hall–Kier alpha value is -1.60. The van der Waals surface area contributed by atoms with Crippen molar-refractivity contribution in [2.24, 2.45) is 0 Å². The topological polar surface area (TPSA) is 85.0 Å². The van der Waals surface area contributed by atoms with E-state index in [1.54, 1.807) is 6.92 Å². The Balaban J connectivity index is 3.29. The summed E-state index contributed by atoms with van der Waals surface area (Å²) in [6, 6.07) is 7.35. The molecule has 1 rings (SSSR count). The van der Waals surface area contributed by atoms with Crippen LogP contribution in [0.25, 0.3) is 0 Å². The van der Waals surface area contributed by atoms with Crippen LogP contribution in [-0.4, -0.2) is 25.8 Å². The quantitative estimate of drug-likeness (QED) is 0.852. The number of nitrogens with zero attached hydrogens (tertiary/aromatic N) is 3. The second kappa shape index (κ2) is 6.03. The zero-order valence-electron chi connectivity index (χ0n) is 10.5. The summed E-state index contributed by atoms with van der Waals surface area (Å²) in [5, 5.41) is 17.5. The molecule has 1 aromatic rings. The highest BCUT2D eigenvalue weighted by Gasteiger charge is 2.27. The molecule has 0 bridgehead atoms. The van der Waals surface area contributed by atoms with Crippen LogP contribution in [0.3, 0.4) is 0 Å². The van der Waals surface area contributed by atoms with E-state index in [0.29, 0.717) is 0 Å². The standard InChI is InChI=1S/C12H12ClN3O2S/c1-9(5-6-14)16(2)19(17,18)12-7-10(8-15)3-4-11(12)13/h3-4,7,9H,5H2,1-2H3. The highest BCUT2D eigenvalue weighted by molar-refractivity contribution is 7.89. The number of halogens is 1. The average molecular weight is 298 g/mol. The van der Waals surface area contributed by atoms with E-state index >= 15 is 0 Å². The predicted molar refractivity (Wildman–Crippen MR) is 70.8 cm³/mol. The van der Waals surface area contributed by atoms with Crippen LogP contribution in [0.4, 0.5) is 0 Å². The molecule has 1 atom stereocenters. The van der Waals surface area contributed by atoms with Crippen molar-refractivity contribution in [1.29, 1.82) is 10.5 Å². The van der Waals surface area contributed by atoms with Crippen LogP contribution in [0.2, 0.25) is 5.02 Å².